The summed E-state index contributed by atoms with van der Waals surface area (Å²) in [5.41, 5.74) is 0.499. The lowest BCUT2D eigenvalue weighted by molar-refractivity contribution is -0.142. The van der Waals surface area contributed by atoms with Crippen LogP contribution in [0.25, 0.3) is 0 Å². The second-order valence-electron chi connectivity index (χ2n) is 8.42. The number of carbonyl (C=O) groups is 1. The van der Waals surface area contributed by atoms with E-state index in [1.54, 1.807) is 7.11 Å². The van der Waals surface area contributed by atoms with E-state index in [1.807, 2.05) is 13.8 Å². The van der Waals surface area contributed by atoms with Crippen LogP contribution >= 0.6 is 0 Å². The maximum absolute atomic E-state index is 12.9. The molecule has 5 rings (SSSR count). The van der Waals surface area contributed by atoms with Crippen molar-refractivity contribution < 1.29 is 9.53 Å². The minimum atomic E-state index is -0.802. The molecule has 0 saturated carbocycles. The van der Waals surface area contributed by atoms with Gasteiger partial charge in [-0.25, -0.2) is 0 Å². The summed E-state index contributed by atoms with van der Waals surface area (Å²) in [5.74, 6) is 0.452. The third-order valence-electron chi connectivity index (χ3n) is 6.49. The van der Waals surface area contributed by atoms with Crippen LogP contribution in [0.4, 0.5) is 0 Å². The minimum Gasteiger partial charge on any atom is -0.369 e. The Morgan fingerprint density at radius 1 is 1.16 bits per heavy atom. The molecule has 25 heavy (non-hydrogen) atoms. The summed E-state index contributed by atoms with van der Waals surface area (Å²) in [6, 6.07) is 10.9. The summed E-state index contributed by atoms with van der Waals surface area (Å²) in [4.78, 5) is 18.1. The van der Waals surface area contributed by atoms with Gasteiger partial charge in [-0.05, 0) is 19.4 Å². The molecule has 4 bridgehead atoms. The Morgan fingerprint density at radius 2 is 1.76 bits per heavy atom. The molecule has 5 heteroatoms. The van der Waals surface area contributed by atoms with Crippen molar-refractivity contribution in [3.63, 3.8) is 0 Å². The van der Waals surface area contributed by atoms with E-state index < -0.39 is 5.60 Å². The fourth-order valence-corrected chi connectivity index (χ4v) is 4.98. The Labute approximate surface area is 150 Å². The number of carbonyl (C=O) groups excluding carboxylic acids is 1. The normalized spacial score (nSPS) is 36.9. The van der Waals surface area contributed by atoms with Gasteiger partial charge >= 0.3 is 0 Å². The van der Waals surface area contributed by atoms with Crippen molar-refractivity contribution in [3.8, 4) is 0 Å². The first-order chi connectivity index (χ1) is 11.9. The molecule has 1 N–H and O–H groups in total. The van der Waals surface area contributed by atoms with Gasteiger partial charge in [-0.1, -0.05) is 30.3 Å². The maximum Gasteiger partial charge on any atom is 0.251 e. The average molecular weight is 343 g/mol. The molecule has 4 fully saturated rings. The van der Waals surface area contributed by atoms with Crippen LogP contribution in [0.15, 0.2) is 30.3 Å². The number of nitrogens with one attached hydrogen (secondary N) is 1. The lowest BCUT2D eigenvalue weighted by Crippen LogP contribution is -2.71. The number of rotatable bonds is 4. The number of hydrogen-bond acceptors (Lipinski definition) is 4. The molecule has 4 heterocycles. The smallest absolute Gasteiger partial charge is 0.251 e. The van der Waals surface area contributed by atoms with Gasteiger partial charge in [0.25, 0.3) is 5.91 Å². The zero-order chi connectivity index (χ0) is 17.7. The molecule has 0 radical (unpaired) electrons. The standard InChI is InChI=1S/C20H29N3O2/c1-19(2,25-3)18(24)21-17-15-11-22-9-10-23(12-15)14-20(17,13-22)16-7-5-4-6-8-16/h4-8,15,17H,9-14H2,1-3H3,(H,21,24)/t15?,17-,20?/m0/s1. The van der Waals surface area contributed by atoms with E-state index in [9.17, 15) is 4.79 Å². The number of hydrogen-bond donors (Lipinski definition) is 1. The van der Waals surface area contributed by atoms with E-state index >= 15 is 0 Å². The van der Waals surface area contributed by atoms with Crippen LogP contribution in [0.2, 0.25) is 0 Å². The summed E-state index contributed by atoms with van der Waals surface area (Å²) >= 11 is 0. The van der Waals surface area contributed by atoms with Crippen LogP contribution in [0.3, 0.4) is 0 Å². The predicted molar refractivity (Wildman–Crippen MR) is 97.5 cm³/mol. The molecule has 0 aromatic heterocycles. The number of benzene rings is 1. The third-order valence-corrected chi connectivity index (χ3v) is 6.49. The van der Waals surface area contributed by atoms with E-state index in [0.29, 0.717) is 5.92 Å². The van der Waals surface area contributed by atoms with Gasteiger partial charge in [0.05, 0.1) is 0 Å². The lowest BCUT2D eigenvalue weighted by atomic mass is 9.64. The van der Waals surface area contributed by atoms with Gasteiger partial charge < -0.3 is 19.9 Å². The number of ether oxygens (including phenoxy) is 1. The number of fused-ring (bicyclic) bond motifs is 1. The summed E-state index contributed by atoms with van der Waals surface area (Å²) in [5, 5.41) is 3.40. The molecule has 3 atom stereocenters. The Hall–Kier alpha value is -1.43. The van der Waals surface area contributed by atoms with E-state index in [1.165, 1.54) is 5.56 Å². The van der Waals surface area contributed by atoms with Gasteiger partial charge in [-0.2, -0.15) is 0 Å². The Morgan fingerprint density at radius 3 is 2.32 bits per heavy atom. The molecular weight excluding hydrogens is 314 g/mol. The number of nitrogens with zero attached hydrogens (tertiary/aromatic N) is 2. The predicted octanol–water partition coefficient (Wildman–Crippen LogP) is 1.10. The highest BCUT2D eigenvalue weighted by molar-refractivity contribution is 5.84. The molecule has 136 valence electrons. The molecule has 4 saturated heterocycles. The van der Waals surface area contributed by atoms with Crippen LogP contribution in [0.5, 0.6) is 0 Å². The van der Waals surface area contributed by atoms with Crippen LogP contribution in [0.1, 0.15) is 19.4 Å². The van der Waals surface area contributed by atoms with Crippen molar-refractivity contribution in [3.05, 3.63) is 35.9 Å². The largest absolute Gasteiger partial charge is 0.369 e. The van der Waals surface area contributed by atoms with Gasteiger partial charge in [0.15, 0.2) is 0 Å². The highest BCUT2D eigenvalue weighted by Crippen LogP contribution is 2.43. The highest BCUT2D eigenvalue weighted by atomic mass is 16.5. The summed E-state index contributed by atoms with van der Waals surface area (Å²) < 4.78 is 5.42. The molecule has 1 amide bonds. The van der Waals surface area contributed by atoms with Crippen LogP contribution in [-0.4, -0.2) is 73.7 Å². The quantitative estimate of drug-likeness (QED) is 0.889. The van der Waals surface area contributed by atoms with Crippen molar-refractivity contribution in [1.82, 2.24) is 15.1 Å². The number of methoxy groups -OCH3 is 1. The van der Waals surface area contributed by atoms with E-state index in [2.05, 4.69) is 45.4 Å². The molecule has 0 spiro atoms. The van der Waals surface area contributed by atoms with Gasteiger partial charge in [0.2, 0.25) is 0 Å². The molecule has 5 nitrogen and oxygen atoms in total. The van der Waals surface area contributed by atoms with Crippen molar-refractivity contribution in [2.45, 2.75) is 30.9 Å². The third kappa shape index (κ3) is 2.78. The van der Waals surface area contributed by atoms with Gasteiger partial charge in [-0.15, -0.1) is 0 Å². The molecule has 1 aromatic rings. The SMILES string of the molecule is COC(C)(C)C(=O)N[C@H]1C2CN3CCN(C2)CC1(c1ccccc1)C3. The van der Waals surface area contributed by atoms with E-state index in [0.717, 1.165) is 39.3 Å². The zero-order valence-corrected chi connectivity index (χ0v) is 15.5. The molecule has 2 unspecified atom stereocenters. The summed E-state index contributed by atoms with van der Waals surface area (Å²) in [7, 11) is 1.60. The van der Waals surface area contributed by atoms with Crippen LogP contribution < -0.4 is 5.32 Å². The monoisotopic (exact) mass is 343 g/mol. The van der Waals surface area contributed by atoms with Gasteiger partial charge in [0, 0.05) is 63.8 Å². The first kappa shape index (κ1) is 17.0. The minimum absolute atomic E-state index is 0.00791. The number of amides is 1. The zero-order valence-electron chi connectivity index (χ0n) is 15.5. The number of piperidine rings is 2. The molecule has 4 aliphatic heterocycles. The fourth-order valence-electron chi connectivity index (χ4n) is 4.98. The second kappa shape index (κ2) is 6.08. The first-order valence-corrected chi connectivity index (χ1v) is 9.31. The summed E-state index contributed by atoms with van der Waals surface area (Å²) in [6.07, 6.45) is 0. The molecule has 1 aromatic carbocycles. The first-order valence-electron chi connectivity index (χ1n) is 9.31. The van der Waals surface area contributed by atoms with Crippen molar-refractivity contribution in [2.75, 3.05) is 46.4 Å². The Balaban J connectivity index is 1.73. The van der Waals surface area contributed by atoms with Crippen LogP contribution in [0, 0.1) is 5.92 Å². The van der Waals surface area contributed by atoms with Gasteiger partial charge in [-0.3, -0.25) is 4.79 Å². The van der Waals surface area contributed by atoms with E-state index in [-0.39, 0.29) is 17.4 Å². The highest BCUT2D eigenvalue weighted by Gasteiger charge is 2.56. The molecular formula is C20H29N3O2. The topological polar surface area (TPSA) is 44.8 Å². The Kier molecular flexibility index (Phi) is 4.13. The van der Waals surface area contributed by atoms with Crippen molar-refractivity contribution in [2.24, 2.45) is 5.92 Å². The maximum atomic E-state index is 12.9. The molecule has 0 aliphatic carbocycles. The average Bonchev–Trinajstić information content (AvgIpc) is 2.86. The van der Waals surface area contributed by atoms with E-state index in [4.69, 9.17) is 4.74 Å². The van der Waals surface area contributed by atoms with Crippen LogP contribution in [-0.2, 0) is 14.9 Å². The second-order valence-corrected chi connectivity index (χ2v) is 8.42. The Bertz CT molecular complexity index is 630. The van der Waals surface area contributed by atoms with Gasteiger partial charge in [0.1, 0.15) is 5.60 Å². The van der Waals surface area contributed by atoms with Crippen molar-refractivity contribution >= 4 is 5.91 Å². The van der Waals surface area contributed by atoms with Crippen molar-refractivity contribution in [1.29, 1.82) is 0 Å². The lowest BCUT2D eigenvalue weighted by Gasteiger charge is -2.56. The molecule has 4 aliphatic rings. The summed E-state index contributed by atoms with van der Waals surface area (Å²) in [6.45, 7) is 10.1. The fraction of sp³-hybridized carbons (Fsp3) is 0.650.